The Bertz CT molecular complexity index is 1270. The van der Waals surface area contributed by atoms with Crippen LogP contribution in [0.1, 0.15) is 28.8 Å². The predicted molar refractivity (Wildman–Crippen MR) is 120 cm³/mol. The summed E-state index contributed by atoms with van der Waals surface area (Å²) >= 11 is 1.63. The zero-order valence-corrected chi connectivity index (χ0v) is 17.2. The van der Waals surface area contributed by atoms with Gasteiger partial charge < -0.3 is 10.6 Å². The van der Waals surface area contributed by atoms with Crippen molar-refractivity contribution in [3.8, 4) is 17.5 Å². The normalized spacial score (nSPS) is 13.6. The molecule has 1 aromatic carbocycles. The molecule has 1 saturated heterocycles. The molecular weight excluding hydrogens is 392 g/mol. The van der Waals surface area contributed by atoms with Crippen LogP contribution in [-0.4, -0.2) is 28.0 Å². The standard InChI is InChI=1S/C23H20N6S/c24-14-15-5-3-6-16(11-15)21-27-20(25)19-13-18(30-23(19)28-21)12-17-7-4-8-26-22(17)29-9-1-2-10-29/h3-8,11,13H,1-2,9-10,12H2,(H2,25,27,28). The largest absolute Gasteiger partial charge is 0.383 e. The van der Waals surface area contributed by atoms with Gasteiger partial charge in [-0.25, -0.2) is 15.0 Å². The van der Waals surface area contributed by atoms with Crippen molar-refractivity contribution in [2.45, 2.75) is 19.3 Å². The fourth-order valence-corrected chi connectivity index (χ4v) is 4.97. The van der Waals surface area contributed by atoms with E-state index in [-0.39, 0.29) is 0 Å². The molecule has 0 unspecified atom stereocenters. The summed E-state index contributed by atoms with van der Waals surface area (Å²) in [6.45, 7) is 2.14. The average molecular weight is 413 g/mol. The van der Waals surface area contributed by atoms with E-state index in [9.17, 15) is 0 Å². The van der Waals surface area contributed by atoms with Crippen molar-refractivity contribution in [1.29, 1.82) is 5.26 Å². The van der Waals surface area contributed by atoms with Crippen LogP contribution in [0.5, 0.6) is 0 Å². The molecule has 1 fully saturated rings. The second-order valence-corrected chi connectivity index (χ2v) is 8.53. The summed E-state index contributed by atoms with van der Waals surface area (Å²) in [5.74, 6) is 2.09. The molecule has 0 amide bonds. The van der Waals surface area contributed by atoms with Gasteiger partial charge in [0.15, 0.2) is 5.82 Å². The lowest BCUT2D eigenvalue weighted by Gasteiger charge is -2.19. The molecule has 0 atom stereocenters. The Morgan fingerprint density at radius 1 is 1.10 bits per heavy atom. The van der Waals surface area contributed by atoms with E-state index >= 15 is 0 Å². The second-order valence-electron chi connectivity index (χ2n) is 7.41. The van der Waals surface area contributed by atoms with Crippen LogP contribution < -0.4 is 10.6 Å². The molecule has 148 valence electrons. The number of hydrogen-bond acceptors (Lipinski definition) is 7. The van der Waals surface area contributed by atoms with Crippen molar-refractivity contribution in [1.82, 2.24) is 15.0 Å². The van der Waals surface area contributed by atoms with E-state index in [0.717, 1.165) is 41.1 Å². The van der Waals surface area contributed by atoms with Gasteiger partial charge in [-0.05, 0) is 42.7 Å². The van der Waals surface area contributed by atoms with Crippen molar-refractivity contribution in [3.63, 3.8) is 0 Å². The number of hydrogen-bond donors (Lipinski definition) is 1. The second kappa shape index (κ2) is 7.73. The molecule has 4 heterocycles. The summed E-state index contributed by atoms with van der Waals surface area (Å²) in [5, 5.41) is 10.0. The van der Waals surface area contributed by atoms with Crippen LogP contribution in [0, 0.1) is 11.3 Å². The van der Waals surface area contributed by atoms with Crippen LogP contribution in [-0.2, 0) is 6.42 Å². The van der Waals surface area contributed by atoms with E-state index in [4.69, 9.17) is 16.0 Å². The number of nitrogens with zero attached hydrogens (tertiary/aromatic N) is 5. The summed E-state index contributed by atoms with van der Waals surface area (Å²) in [5.41, 5.74) is 8.86. The van der Waals surface area contributed by atoms with E-state index < -0.39 is 0 Å². The molecule has 0 saturated carbocycles. The van der Waals surface area contributed by atoms with Crippen LogP contribution in [0.3, 0.4) is 0 Å². The number of anilines is 2. The molecule has 3 aromatic heterocycles. The predicted octanol–water partition coefficient (Wildman–Crippen LogP) is 4.40. The molecule has 4 aromatic rings. The maximum atomic E-state index is 9.16. The highest BCUT2D eigenvalue weighted by Gasteiger charge is 2.18. The summed E-state index contributed by atoms with van der Waals surface area (Å²) in [6.07, 6.45) is 5.11. The molecule has 0 bridgehead atoms. The molecule has 7 heteroatoms. The third-order valence-corrected chi connectivity index (χ3v) is 6.39. The summed E-state index contributed by atoms with van der Waals surface area (Å²) in [7, 11) is 0. The van der Waals surface area contributed by atoms with E-state index in [0.29, 0.717) is 17.2 Å². The topological polar surface area (TPSA) is 91.7 Å². The molecule has 0 aliphatic carbocycles. The van der Waals surface area contributed by atoms with E-state index in [1.54, 1.807) is 23.5 Å². The molecule has 0 spiro atoms. The number of aromatic nitrogens is 3. The van der Waals surface area contributed by atoms with Gasteiger partial charge in [0, 0.05) is 36.1 Å². The molecule has 1 aliphatic rings. The van der Waals surface area contributed by atoms with Gasteiger partial charge in [0.1, 0.15) is 16.5 Å². The Hall–Kier alpha value is -3.50. The quantitative estimate of drug-likeness (QED) is 0.534. The molecule has 0 radical (unpaired) electrons. The van der Waals surface area contributed by atoms with Gasteiger partial charge in [-0.15, -0.1) is 11.3 Å². The Morgan fingerprint density at radius 3 is 2.80 bits per heavy atom. The number of nitrogen functional groups attached to an aromatic ring is 1. The van der Waals surface area contributed by atoms with Gasteiger partial charge in [0.25, 0.3) is 0 Å². The minimum Gasteiger partial charge on any atom is -0.383 e. The fraction of sp³-hybridized carbons (Fsp3) is 0.217. The molecular formula is C23H20N6S. The SMILES string of the molecule is N#Cc1cccc(-c2nc(N)c3cc(Cc4cccnc4N4CCCC4)sc3n2)c1. The van der Waals surface area contributed by atoms with Gasteiger partial charge in [-0.3, -0.25) is 0 Å². The van der Waals surface area contributed by atoms with Crippen LogP contribution in [0.2, 0.25) is 0 Å². The number of nitrogens with two attached hydrogens (primary N) is 1. The number of nitriles is 1. The van der Waals surface area contributed by atoms with Crippen molar-refractivity contribution in [2.75, 3.05) is 23.7 Å². The highest BCUT2D eigenvalue weighted by molar-refractivity contribution is 7.18. The first-order valence-electron chi connectivity index (χ1n) is 9.96. The van der Waals surface area contributed by atoms with Gasteiger partial charge in [-0.2, -0.15) is 5.26 Å². The maximum Gasteiger partial charge on any atom is 0.163 e. The van der Waals surface area contributed by atoms with Crippen LogP contribution in [0.25, 0.3) is 21.6 Å². The molecule has 1 aliphatic heterocycles. The molecule has 6 nitrogen and oxygen atoms in total. The van der Waals surface area contributed by atoms with Gasteiger partial charge in [0.05, 0.1) is 17.0 Å². The van der Waals surface area contributed by atoms with Gasteiger partial charge >= 0.3 is 0 Å². The van der Waals surface area contributed by atoms with Crippen molar-refractivity contribution >= 4 is 33.2 Å². The maximum absolute atomic E-state index is 9.16. The highest BCUT2D eigenvalue weighted by atomic mass is 32.1. The fourth-order valence-electron chi connectivity index (χ4n) is 3.91. The van der Waals surface area contributed by atoms with Crippen molar-refractivity contribution in [3.05, 3.63) is 64.7 Å². The summed E-state index contributed by atoms with van der Waals surface area (Å²) in [4.78, 5) is 18.3. The third kappa shape index (κ3) is 3.46. The first kappa shape index (κ1) is 18.5. The first-order chi connectivity index (χ1) is 14.7. The monoisotopic (exact) mass is 412 g/mol. The minimum atomic E-state index is 0.464. The number of fused-ring (bicyclic) bond motifs is 1. The molecule has 2 N–H and O–H groups in total. The van der Waals surface area contributed by atoms with E-state index in [1.165, 1.54) is 23.3 Å². The highest BCUT2D eigenvalue weighted by Crippen LogP contribution is 2.33. The Morgan fingerprint density at radius 2 is 1.97 bits per heavy atom. The van der Waals surface area contributed by atoms with Crippen molar-refractivity contribution < 1.29 is 0 Å². The Kier molecular flexibility index (Phi) is 4.77. The lowest BCUT2D eigenvalue weighted by Crippen LogP contribution is -2.20. The van der Waals surface area contributed by atoms with Crippen LogP contribution >= 0.6 is 11.3 Å². The van der Waals surface area contributed by atoms with E-state index in [1.807, 2.05) is 24.4 Å². The lowest BCUT2D eigenvalue weighted by molar-refractivity contribution is 0.920. The summed E-state index contributed by atoms with van der Waals surface area (Å²) < 4.78 is 0. The van der Waals surface area contributed by atoms with E-state index in [2.05, 4.69) is 33.1 Å². The zero-order valence-electron chi connectivity index (χ0n) is 16.4. The smallest absolute Gasteiger partial charge is 0.163 e. The molecule has 30 heavy (non-hydrogen) atoms. The zero-order chi connectivity index (χ0) is 20.5. The summed E-state index contributed by atoms with van der Waals surface area (Å²) in [6, 6.07) is 15.7. The van der Waals surface area contributed by atoms with Crippen LogP contribution in [0.4, 0.5) is 11.6 Å². The third-order valence-electron chi connectivity index (χ3n) is 5.36. The number of benzene rings is 1. The van der Waals surface area contributed by atoms with Crippen LogP contribution in [0.15, 0.2) is 48.7 Å². The average Bonchev–Trinajstić information content (AvgIpc) is 3.44. The Labute approximate surface area is 178 Å². The lowest BCUT2D eigenvalue weighted by atomic mass is 10.1. The Balaban J connectivity index is 1.50. The molecule has 5 rings (SSSR count). The van der Waals surface area contributed by atoms with Crippen molar-refractivity contribution in [2.24, 2.45) is 0 Å². The minimum absolute atomic E-state index is 0.464. The van der Waals surface area contributed by atoms with Gasteiger partial charge in [0.2, 0.25) is 0 Å². The number of pyridine rings is 1. The number of rotatable bonds is 4. The number of thiophene rings is 1. The first-order valence-corrected chi connectivity index (χ1v) is 10.8. The van der Waals surface area contributed by atoms with Gasteiger partial charge in [-0.1, -0.05) is 18.2 Å².